The van der Waals surface area contributed by atoms with E-state index in [1.54, 1.807) is 22.0 Å². The highest BCUT2D eigenvalue weighted by Gasteiger charge is 2.31. The number of piperidine rings is 1. The minimum Gasteiger partial charge on any atom is -0.385 e. The molecule has 3 heterocycles. The molecule has 0 saturated carbocycles. The third-order valence-corrected chi connectivity index (χ3v) is 5.81. The molecule has 0 bridgehead atoms. The van der Waals surface area contributed by atoms with Crippen LogP contribution in [0.3, 0.4) is 0 Å². The van der Waals surface area contributed by atoms with Gasteiger partial charge < -0.3 is 14.6 Å². The predicted molar refractivity (Wildman–Crippen MR) is 107 cm³/mol. The number of aryl methyl sites for hydroxylation is 1. The number of nitrogens with zero attached hydrogens (tertiary/aromatic N) is 6. The summed E-state index contributed by atoms with van der Waals surface area (Å²) in [5.74, 6) is 0.605. The number of carbonyl (C=O) groups excluding carboxylic acids is 1. The van der Waals surface area contributed by atoms with Crippen LogP contribution in [0.4, 0.5) is 0 Å². The smallest absolute Gasteiger partial charge is 0.276 e. The molecular weight excluding hydrogens is 392 g/mol. The zero-order chi connectivity index (χ0) is 20.4. The molecule has 1 aliphatic heterocycles. The summed E-state index contributed by atoms with van der Waals surface area (Å²) in [6, 6.07) is 7.52. The maximum Gasteiger partial charge on any atom is 0.276 e. The first kappa shape index (κ1) is 19.6. The van der Waals surface area contributed by atoms with Gasteiger partial charge >= 0.3 is 0 Å². The molecule has 8 nitrogen and oxygen atoms in total. The van der Waals surface area contributed by atoms with E-state index >= 15 is 0 Å². The largest absolute Gasteiger partial charge is 0.385 e. The van der Waals surface area contributed by atoms with E-state index in [9.17, 15) is 9.90 Å². The molecule has 4 rings (SSSR count). The lowest BCUT2D eigenvalue weighted by Crippen LogP contribution is -2.40. The van der Waals surface area contributed by atoms with Gasteiger partial charge in [0.05, 0.1) is 12.7 Å². The summed E-state index contributed by atoms with van der Waals surface area (Å²) < 4.78 is 3.45. The number of aliphatic hydroxyl groups excluding tert-OH is 1. The van der Waals surface area contributed by atoms with Crippen molar-refractivity contribution in [1.29, 1.82) is 0 Å². The number of halogens is 1. The van der Waals surface area contributed by atoms with E-state index in [2.05, 4.69) is 15.3 Å². The summed E-state index contributed by atoms with van der Waals surface area (Å²) in [4.78, 5) is 18.8. The second-order valence-corrected chi connectivity index (χ2v) is 7.77. The maximum atomic E-state index is 12.8. The topological polar surface area (TPSA) is 89.1 Å². The van der Waals surface area contributed by atoms with Crippen LogP contribution in [0.1, 0.15) is 40.8 Å². The van der Waals surface area contributed by atoms with Crippen molar-refractivity contribution < 1.29 is 9.90 Å². The fraction of sp³-hybridized carbons (Fsp3) is 0.400. The lowest BCUT2D eigenvalue weighted by atomic mass is 9.90. The Kier molecular flexibility index (Phi) is 5.64. The number of amides is 1. The summed E-state index contributed by atoms with van der Waals surface area (Å²) >= 11 is 6.19. The molecule has 1 unspecified atom stereocenters. The minimum absolute atomic E-state index is 0.0797. The number of hydrogen-bond acceptors (Lipinski definition) is 5. The van der Waals surface area contributed by atoms with Gasteiger partial charge in [0.25, 0.3) is 5.91 Å². The third kappa shape index (κ3) is 4.18. The van der Waals surface area contributed by atoms with Crippen molar-refractivity contribution in [3.8, 4) is 0 Å². The Morgan fingerprint density at radius 3 is 2.76 bits per heavy atom. The van der Waals surface area contributed by atoms with Crippen LogP contribution in [0.5, 0.6) is 0 Å². The van der Waals surface area contributed by atoms with Crippen molar-refractivity contribution in [3.05, 3.63) is 65.0 Å². The molecule has 2 aromatic heterocycles. The van der Waals surface area contributed by atoms with E-state index in [-0.39, 0.29) is 11.8 Å². The Hall–Kier alpha value is -2.71. The van der Waals surface area contributed by atoms with E-state index in [1.165, 1.54) is 0 Å². The zero-order valence-corrected chi connectivity index (χ0v) is 16.9. The van der Waals surface area contributed by atoms with Gasteiger partial charge in [0.2, 0.25) is 0 Å². The van der Waals surface area contributed by atoms with Crippen LogP contribution in [0.15, 0.2) is 42.9 Å². The van der Waals surface area contributed by atoms with Crippen LogP contribution in [0, 0.1) is 5.92 Å². The van der Waals surface area contributed by atoms with Crippen LogP contribution in [-0.4, -0.2) is 53.5 Å². The average molecular weight is 415 g/mol. The van der Waals surface area contributed by atoms with Crippen molar-refractivity contribution in [2.24, 2.45) is 13.0 Å². The minimum atomic E-state index is -0.622. The van der Waals surface area contributed by atoms with Gasteiger partial charge in [-0.3, -0.25) is 4.79 Å². The number of carbonyl (C=O) groups is 1. The lowest BCUT2D eigenvalue weighted by Gasteiger charge is -2.33. The molecule has 0 radical (unpaired) electrons. The average Bonchev–Trinajstić information content (AvgIpc) is 3.38. The molecule has 1 N–H and O–H groups in total. The fourth-order valence-electron chi connectivity index (χ4n) is 3.73. The molecule has 1 amide bonds. The van der Waals surface area contributed by atoms with E-state index in [0.717, 1.165) is 5.56 Å². The number of aliphatic hydroxyl groups is 1. The first-order valence-electron chi connectivity index (χ1n) is 9.61. The number of aromatic nitrogens is 5. The molecule has 29 heavy (non-hydrogen) atoms. The maximum absolute atomic E-state index is 12.8. The molecule has 152 valence electrons. The summed E-state index contributed by atoms with van der Waals surface area (Å²) in [5, 5.41) is 19.4. The quantitative estimate of drug-likeness (QED) is 0.692. The van der Waals surface area contributed by atoms with Crippen LogP contribution >= 0.6 is 11.6 Å². The standard InChI is InChI=1S/C20H23ClN6O2/c1-25-11-8-22-19(25)18(28)14-6-9-26(10-7-14)20(29)17-13-27(24-23-17)12-15-4-2-3-5-16(15)21/h2-5,8,11,13-14,18,28H,6-7,9-10,12H2,1H3. The van der Waals surface area contributed by atoms with Gasteiger partial charge in [-0.2, -0.15) is 0 Å². The Balaban J connectivity index is 1.36. The molecule has 9 heteroatoms. The van der Waals surface area contributed by atoms with Crippen molar-refractivity contribution in [3.63, 3.8) is 0 Å². The van der Waals surface area contributed by atoms with E-state index < -0.39 is 6.10 Å². The molecule has 1 aromatic carbocycles. The van der Waals surface area contributed by atoms with Gasteiger partial charge in [0.1, 0.15) is 11.9 Å². The van der Waals surface area contributed by atoms with Crippen LogP contribution in [0.2, 0.25) is 5.02 Å². The summed E-state index contributed by atoms with van der Waals surface area (Å²) in [5.41, 5.74) is 1.24. The number of rotatable bonds is 5. The normalized spacial score (nSPS) is 16.2. The zero-order valence-electron chi connectivity index (χ0n) is 16.1. The molecule has 1 atom stereocenters. The van der Waals surface area contributed by atoms with Crippen molar-refractivity contribution in [1.82, 2.24) is 29.4 Å². The van der Waals surface area contributed by atoms with Gasteiger partial charge in [0, 0.05) is 37.6 Å². The van der Waals surface area contributed by atoms with Gasteiger partial charge in [0.15, 0.2) is 5.69 Å². The molecule has 1 fully saturated rings. The van der Waals surface area contributed by atoms with Crippen LogP contribution in [0.25, 0.3) is 0 Å². The van der Waals surface area contributed by atoms with Gasteiger partial charge in [-0.25, -0.2) is 9.67 Å². The Morgan fingerprint density at radius 2 is 2.07 bits per heavy atom. The highest BCUT2D eigenvalue weighted by molar-refractivity contribution is 6.31. The fourth-order valence-corrected chi connectivity index (χ4v) is 3.92. The van der Waals surface area contributed by atoms with Crippen LogP contribution in [-0.2, 0) is 13.6 Å². The molecule has 1 saturated heterocycles. The number of imidazole rings is 1. The molecule has 1 aliphatic rings. The Morgan fingerprint density at radius 1 is 1.31 bits per heavy atom. The number of hydrogen-bond donors (Lipinski definition) is 1. The van der Waals surface area contributed by atoms with Crippen molar-refractivity contribution in [2.45, 2.75) is 25.5 Å². The summed E-state index contributed by atoms with van der Waals surface area (Å²) in [7, 11) is 1.87. The van der Waals surface area contributed by atoms with E-state index in [4.69, 9.17) is 11.6 Å². The highest BCUT2D eigenvalue weighted by Crippen LogP contribution is 2.30. The van der Waals surface area contributed by atoms with Gasteiger partial charge in [-0.05, 0) is 30.4 Å². The van der Waals surface area contributed by atoms with Crippen molar-refractivity contribution >= 4 is 17.5 Å². The van der Waals surface area contributed by atoms with Crippen LogP contribution < -0.4 is 0 Å². The van der Waals surface area contributed by atoms with Crippen molar-refractivity contribution in [2.75, 3.05) is 13.1 Å². The second-order valence-electron chi connectivity index (χ2n) is 7.36. The Labute approximate surface area is 173 Å². The van der Waals surface area contributed by atoms with E-state index in [1.807, 2.05) is 42.1 Å². The first-order valence-corrected chi connectivity index (χ1v) is 9.99. The molecule has 0 spiro atoms. The van der Waals surface area contributed by atoms with E-state index in [0.29, 0.717) is 49.0 Å². The van der Waals surface area contributed by atoms with Gasteiger partial charge in [-0.15, -0.1) is 5.10 Å². The highest BCUT2D eigenvalue weighted by atomic mass is 35.5. The second kappa shape index (κ2) is 8.34. The number of benzene rings is 1. The lowest BCUT2D eigenvalue weighted by molar-refractivity contribution is 0.0417. The molecule has 3 aromatic rings. The molecule has 0 aliphatic carbocycles. The first-order chi connectivity index (χ1) is 14.0. The SMILES string of the molecule is Cn1ccnc1C(O)C1CCN(C(=O)c2cn(Cc3ccccc3Cl)nn2)CC1. The summed E-state index contributed by atoms with van der Waals surface area (Å²) in [6.45, 7) is 1.60. The Bertz CT molecular complexity index is 992. The summed E-state index contributed by atoms with van der Waals surface area (Å²) in [6.07, 6.45) is 5.97. The molecular formula is C20H23ClN6O2. The predicted octanol–water partition coefficient (Wildman–Crippen LogP) is 2.30. The monoisotopic (exact) mass is 414 g/mol. The third-order valence-electron chi connectivity index (χ3n) is 5.44. The number of likely N-dealkylation sites (tertiary alicyclic amines) is 1. The van der Waals surface area contributed by atoms with Gasteiger partial charge in [-0.1, -0.05) is 35.0 Å².